The summed E-state index contributed by atoms with van der Waals surface area (Å²) in [5, 5.41) is 20.6. The molecule has 0 aliphatic rings. The van der Waals surface area contributed by atoms with Crippen molar-refractivity contribution in [1.29, 1.82) is 0 Å². The number of hydrogen-bond donors (Lipinski definition) is 2. The van der Waals surface area contributed by atoms with Gasteiger partial charge in [0.1, 0.15) is 0 Å². The van der Waals surface area contributed by atoms with E-state index >= 15 is 0 Å². The molecular weight excluding hydrogens is 376 g/mol. The molecule has 4 rings (SSSR count). The number of aliphatic hydroxyl groups excluding tert-OH is 1. The number of nitrogens with zero attached hydrogens (tertiary/aromatic N) is 2. The number of aryl methyl sites for hydroxylation is 1. The van der Waals surface area contributed by atoms with Gasteiger partial charge in [0.2, 0.25) is 0 Å². The highest BCUT2D eigenvalue weighted by Gasteiger charge is 2.12. The Labute approximate surface area is 178 Å². The molecule has 0 bridgehead atoms. The summed E-state index contributed by atoms with van der Waals surface area (Å²) in [6, 6.07) is 20.3. The zero-order valence-corrected chi connectivity index (χ0v) is 17.7. The molecule has 0 spiro atoms. The van der Waals surface area contributed by atoms with Crippen LogP contribution in [-0.4, -0.2) is 44.8 Å². The Hall–Kier alpha value is -2.60. The Bertz CT molecular complexity index is 1040. The minimum absolute atomic E-state index is 0.0795. The van der Waals surface area contributed by atoms with Gasteiger partial charge in [-0.1, -0.05) is 36.4 Å². The van der Waals surface area contributed by atoms with Crippen LogP contribution in [0.5, 0.6) is 0 Å². The Morgan fingerprint density at radius 3 is 1.90 bits per heavy atom. The number of benzene rings is 2. The third kappa shape index (κ3) is 6.20. The molecule has 2 aromatic heterocycles. The molecule has 2 radical (unpaired) electrons. The maximum Gasteiger partial charge on any atom is 0.0698 e. The highest BCUT2D eigenvalue weighted by atomic mass is 16.5. The molecule has 0 saturated heterocycles. The first kappa shape index (κ1) is 22.1. The van der Waals surface area contributed by atoms with E-state index in [9.17, 15) is 5.11 Å². The van der Waals surface area contributed by atoms with Gasteiger partial charge < -0.3 is 24.1 Å². The number of ether oxygens (including phenoxy) is 1. The lowest BCUT2D eigenvalue weighted by Gasteiger charge is -2.17. The lowest BCUT2D eigenvalue weighted by atomic mass is 10.1. The SMILES string of the molecule is CC(C)(O)CCn1[c]cc2ccccc21.OCCOCCn1[c]cc2ccccc21. The van der Waals surface area contributed by atoms with Crippen LogP contribution in [0.1, 0.15) is 20.3 Å². The van der Waals surface area contributed by atoms with E-state index in [4.69, 9.17) is 9.84 Å². The van der Waals surface area contributed by atoms with Crippen molar-refractivity contribution in [2.45, 2.75) is 39.0 Å². The first-order valence-electron chi connectivity index (χ1n) is 10.3. The smallest absolute Gasteiger partial charge is 0.0698 e. The van der Waals surface area contributed by atoms with Gasteiger partial charge in [-0.05, 0) is 44.5 Å². The van der Waals surface area contributed by atoms with Crippen molar-refractivity contribution < 1.29 is 14.9 Å². The first-order valence-corrected chi connectivity index (χ1v) is 10.3. The van der Waals surface area contributed by atoms with Crippen molar-refractivity contribution in [3.63, 3.8) is 0 Å². The molecule has 0 unspecified atom stereocenters. The number of aromatic nitrogens is 2. The topological polar surface area (TPSA) is 59.6 Å². The van der Waals surface area contributed by atoms with Crippen LogP contribution < -0.4 is 0 Å². The third-order valence-electron chi connectivity index (χ3n) is 4.85. The van der Waals surface area contributed by atoms with Gasteiger partial charge in [0.25, 0.3) is 0 Å². The van der Waals surface area contributed by atoms with E-state index in [1.165, 1.54) is 21.8 Å². The number of hydrogen-bond acceptors (Lipinski definition) is 3. The predicted octanol–water partition coefficient (Wildman–Crippen LogP) is 4.05. The lowest BCUT2D eigenvalue weighted by molar-refractivity contribution is 0.0665. The van der Waals surface area contributed by atoms with Crippen molar-refractivity contribution in [3.8, 4) is 0 Å². The summed E-state index contributed by atoms with van der Waals surface area (Å²) in [4.78, 5) is 0. The summed E-state index contributed by atoms with van der Waals surface area (Å²) in [7, 11) is 0. The number of rotatable bonds is 8. The molecule has 2 aromatic carbocycles. The van der Waals surface area contributed by atoms with E-state index < -0.39 is 5.60 Å². The second kappa shape index (κ2) is 10.4. The Morgan fingerprint density at radius 1 is 0.833 bits per heavy atom. The van der Waals surface area contributed by atoms with Crippen molar-refractivity contribution in [2.24, 2.45) is 0 Å². The standard InChI is InChI=1S/C13H16NO.C12H14NO2/c1-13(2,15)8-10-14-9-7-11-5-3-4-6-12(11)14;14-8-10-15-9-7-13-6-5-11-3-1-2-4-12(11)13/h3-7,15H,8,10H2,1-2H3;1-5,14H,7-10H2. The highest BCUT2D eigenvalue weighted by molar-refractivity contribution is 5.80. The van der Waals surface area contributed by atoms with Crippen LogP contribution in [0.2, 0.25) is 0 Å². The zero-order chi connectivity index (χ0) is 21.4. The molecule has 0 amide bonds. The molecule has 2 heterocycles. The quantitative estimate of drug-likeness (QED) is 0.434. The van der Waals surface area contributed by atoms with Crippen LogP contribution in [-0.2, 0) is 17.8 Å². The molecule has 0 aliphatic heterocycles. The van der Waals surface area contributed by atoms with Crippen LogP contribution in [0, 0.1) is 12.4 Å². The molecule has 0 saturated carbocycles. The second-order valence-corrected chi connectivity index (χ2v) is 7.87. The van der Waals surface area contributed by atoms with Gasteiger partial charge in [-0.25, -0.2) is 0 Å². The summed E-state index contributed by atoms with van der Waals surface area (Å²) >= 11 is 0. The van der Waals surface area contributed by atoms with Crippen LogP contribution in [0.15, 0.2) is 60.7 Å². The number of para-hydroxylation sites is 2. The minimum Gasteiger partial charge on any atom is -0.394 e. The average Bonchev–Trinajstić information content (AvgIpc) is 3.34. The van der Waals surface area contributed by atoms with Gasteiger partial charge >= 0.3 is 0 Å². The Balaban J connectivity index is 0.000000171. The van der Waals surface area contributed by atoms with Crippen molar-refractivity contribution in [1.82, 2.24) is 9.13 Å². The van der Waals surface area contributed by atoms with E-state index in [1.54, 1.807) is 0 Å². The number of fused-ring (bicyclic) bond motifs is 2. The maximum atomic E-state index is 9.66. The summed E-state index contributed by atoms with van der Waals surface area (Å²) in [6.45, 7) is 6.33. The van der Waals surface area contributed by atoms with E-state index in [-0.39, 0.29) is 6.61 Å². The fourth-order valence-electron chi connectivity index (χ4n) is 3.22. The van der Waals surface area contributed by atoms with Crippen LogP contribution in [0.4, 0.5) is 0 Å². The van der Waals surface area contributed by atoms with Crippen molar-refractivity contribution >= 4 is 21.8 Å². The maximum absolute atomic E-state index is 9.66. The fourth-order valence-corrected chi connectivity index (χ4v) is 3.22. The molecule has 4 aromatic rings. The largest absolute Gasteiger partial charge is 0.394 e. The Morgan fingerprint density at radius 2 is 1.37 bits per heavy atom. The van der Waals surface area contributed by atoms with Gasteiger partial charge in [-0.2, -0.15) is 0 Å². The molecule has 0 atom stereocenters. The van der Waals surface area contributed by atoms with E-state index in [2.05, 4.69) is 41.2 Å². The average molecular weight is 407 g/mol. The normalized spacial score (nSPS) is 11.6. The first-order chi connectivity index (χ1) is 14.5. The zero-order valence-electron chi connectivity index (χ0n) is 17.7. The molecule has 0 fully saturated rings. The summed E-state index contributed by atoms with van der Waals surface area (Å²) in [5.41, 5.74) is 1.74. The van der Waals surface area contributed by atoms with Gasteiger partial charge in [-0.15, -0.1) is 0 Å². The minimum atomic E-state index is -0.612. The van der Waals surface area contributed by atoms with Crippen LogP contribution >= 0.6 is 0 Å². The summed E-state index contributed by atoms with van der Waals surface area (Å²) in [5.74, 6) is 0. The van der Waals surface area contributed by atoms with E-state index in [0.29, 0.717) is 13.2 Å². The highest BCUT2D eigenvalue weighted by Crippen LogP contribution is 2.17. The molecule has 30 heavy (non-hydrogen) atoms. The summed E-state index contributed by atoms with van der Waals surface area (Å²) in [6.07, 6.45) is 7.09. The molecule has 0 aliphatic carbocycles. The van der Waals surface area contributed by atoms with E-state index in [1.807, 2.05) is 54.8 Å². The Kier molecular flexibility index (Phi) is 7.69. The van der Waals surface area contributed by atoms with Gasteiger partial charge in [0, 0.05) is 34.9 Å². The van der Waals surface area contributed by atoms with E-state index in [0.717, 1.165) is 19.5 Å². The number of aliphatic hydroxyl groups is 2. The molecule has 5 heteroatoms. The van der Waals surface area contributed by atoms with Crippen molar-refractivity contribution in [2.75, 3.05) is 19.8 Å². The lowest BCUT2D eigenvalue weighted by Crippen LogP contribution is -2.20. The summed E-state index contributed by atoms with van der Waals surface area (Å²) < 4.78 is 9.31. The molecule has 158 valence electrons. The van der Waals surface area contributed by atoms with Crippen LogP contribution in [0.3, 0.4) is 0 Å². The van der Waals surface area contributed by atoms with Gasteiger partial charge in [0.05, 0.1) is 37.8 Å². The molecular formula is C25H30N2O3. The van der Waals surface area contributed by atoms with Gasteiger partial charge in [-0.3, -0.25) is 0 Å². The van der Waals surface area contributed by atoms with Gasteiger partial charge in [0.15, 0.2) is 0 Å². The fraction of sp³-hybridized carbons (Fsp3) is 0.360. The van der Waals surface area contributed by atoms with Crippen molar-refractivity contribution in [3.05, 3.63) is 73.1 Å². The third-order valence-corrected chi connectivity index (χ3v) is 4.85. The molecule has 5 nitrogen and oxygen atoms in total. The molecule has 2 N–H and O–H groups in total. The second-order valence-electron chi connectivity index (χ2n) is 7.87. The van der Waals surface area contributed by atoms with Crippen LogP contribution in [0.25, 0.3) is 21.8 Å². The monoisotopic (exact) mass is 406 g/mol. The predicted molar refractivity (Wildman–Crippen MR) is 120 cm³/mol.